The zero-order valence-electron chi connectivity index (χ0n) is 15.0. The van der Waals surface area contributed by atoms with Crippen LogP contribution >= 0.6 is 0 Å². The van der Waals surface area contributed by atoms with Gasteiger partial charge in [-0.1, -0.05) is 19.1 Å². The van der Waals surface area contributed by atoms with Gasteiger partial charge in [0.1, 0.15) is 5.75 Å². The summed E-state index contributed by atoms with van der Waals surface area (Å²) in [6, 6.07) is 11.8. The zero-order chi connectivity index (χ0) is 19.3. The van der Waals surface area contributed by atoms with Crippen molar-refractivity contribution in [3.8, 4) is 5.75 Å². The molecule has 0 aliphatic carbocycles. The summed E-state index contributed by atoms with van der Waals surface area (Å²) < 4.78 is 28.6. The molecule has 0 fully saturated rings. The van der Waals surface area contributed by atoms with Gasteiger partial charge in [-0.2, -0.15) is 0 Å². The molecule has 0 bridgehead atoms. The summed E-state index contributed by atoms with van der Waals surface area (Å²) in [6.45, 7) is 1.84. The summed E-state index contributed by atoms with van der Waals surface area (Å²) in [6.07, 6.45) is 0.871. The van der Waals surface area contributed by atoms with Crippen LogP contribution < -0.4 is 20.1 Å². The van der Waals surface area contributed by atoms with Crippen LogP contribution in [0.15, 0.2) is 47.4 Å². The standard InChI is InChI=1S/C18H23N3O4S/c1-4-13-6-5-7-14(10-13)25-12-18(22)20-16-11-15(26(19,23)24)8-9-17(16)21(2)3/h5-11H,4,12H2,1-3H3,(H,20,22)(H2,19,23,24). The Morgan fingerprint density at radius 3 is 2.54 bits per heavy atom. The lowest BCUT2D eigenvalue weighted by Crippen LogP contribution is -2.23. The van der Waals surface area contributed by atoms with E-state index in [1.165, 1.54) is 12.1 Å². The number of aryl methyl sites for hydroxylation is 1. The Bertz CT molecular complexity index is 895. The third-order valence-electron chi connectivity index (χ3n) is 3.73. The van der Waals surface area contributed by atoms with Crippen molar-refractivity contribution in [2.75, 3.05) is 30.9 Å². The third-order valence-corrected chi connectivity index (χ3v) is 4.64. The van der Waals surface area contributed by atoms with E-state index in [9.17, 15) is 13.2 Å². The van der Waals surface area contributed by atoms with Crippen LogP contribution in [0.3, 0.4) is 0 Å². The number of benzene rings is 2. The largest absolute Gasteiger partial charge is 0.484 e. The summed E-state index contributed by atoms with van der Waals surface area (Å²) >= 11 is 0. The molecule has 0 aliphatic rings. The predicted octanol–water partition coefficient (Wildman–Crippen LogP) is 1.98. The first-order valence-corrected chi connectivity index (χ1v) is 9.61. The molecule has 0 radical (unpaired) electrons. The second-order valence-corrected chi connectivity index (χ2v) is 7.52. The van der Waals surface area contributed by atoms with Crippen LogP contribution in [0.2, 0.25) is 0 Å². The highest BCUT2D eigenvalue weighted by Gasteiger charge is 2.15. The number of carbonyl (C=O) groups excluding carboxylic acids is 1. The molecule has 0 heterocycles. The molecule has 2 aromatic rings. The molecular weight excluding hydrogens is 354 g/mol. The molecule has 0 aliphatic heterocycles. The van der Waals surface area contributed by atoms with Crippen LogP contribution in [0.25, 0.3) is 0 Å². The molecule has 1 amide bonds. The van der Waals surface area contributed by atoms with E-state index in [-0.39, 0.29) is 11.5 Å². The Morgan fingerprint density at radius 1 is 1.19 bits per heavy atom. The van der Waals surface area contributed by atoms with Crippen LogP contribution in [0.5, 0.6) is 5.75 Å². The number of hydrogen-bond acceptors (Lipinski definition) is 5. The molecule has 8 heteroatoms. The number of carbonyl (C=O) groups is 1. The van der Waals surface area contributed by atoms with Gasteiger partial charge in [0, 0.05) is 14.1 Å². The minimum absolute atomic E-state index is 0.0741. The van der Waals surface area contributed by atoms with Crippen LogP contribution in [0.1, 0.15) is 12.5 Å². The van der Waals surface area contributed by atoms with Gasteiger partial charge < -0.3 is 15.0 Å². The molecule has 0 unspecified atom stereocenters. The van der Waals surface area contributed by atoms with Crippen LogP contribution in [0.4, 0.5) is 11.4 Å². The molecular formula is C18H23N3O4S. The van der Waals surface area contributed by atoms with E-state index in [1.54, 1.807) is 31.1 Å². The fourth-order valence-electron chi connectivity index (χ4n) is 2.37. The van der Waals surface area contributed by atoms with Gasteiger partial charge >= 0.3 is 0 Å². The minimum atomic E-state index is -3.87. The predicted molar refractivity (Wildman–Crippen MR) is 102 cm³/mol. The number of nitrogens with zero attached hydrogens (tertiary/aromatic N) is 1. The molecule has 3 N–H and O–H groups in total. The number of anilines is 2. The van der Waals surface area contributed by atoms with Crippen molar-refractivity contribution >= 4 is 27.3 Å². The van der Waals surface area contributed by atoms with Gasteiger partial charge in [0.25, 0.3) is 5.91 Å². The van der Waals surface area contributed by atoms with E-state index < -0.39 is 15.9 Å². The first-order valence-electron chi connectivity index (χ1n) is 8.06. The Morgan fingerprint density at radius 2 is 1.92 bits per heavy atom. The van der Waals surface area contributed by atoms with Gasteiger partial charge in [0.15, 0.2) is 6.61 Å². The van der Waals surface area contributed by atoms with Crippen LogP contribution in [-0.4, -0.2) is 35.0 Å². The maximum Gasteiger partial charge on any atom is 0.262 e. The van der Waals surface area contributed by atoms with E-state index in [0.717, 1.165) is 12.0 Å². The number of nitrogens with one attached hydrogen (secondary N) is 1. The summed E-state index contributed by atoms with van der Waals surface area (Å²) in [5, 5.41) is 7.84. The van der Waals surface area contributed by atoms with E-state index in [2.05, 4.69) is 5.32 Å². The topological polar surface area (TPSA) is 102 Å². The van der Waals surface area contributed by atoms with Crippen LogP contribution in [-0.2, 0) is 21.2 Å². The van der Waals surface area contributed by atoms with Crippen molar-refractivity contribution in [1.29, 1.82) is 0 Å². The average molecular weight is 377 g/mol. The van der Waals surface area contributed by atoms with Crippen molar-refractivity contribution in [1.82, 2.24) is 0 Å². The van der Waals surface area contributed by atoms with Crippen molar-refractivity contribution < 1.29 is 17.9 Å². The average Bonchev–Trinajstić information content (AvgIpc) is 2.59. The lowest BCUT2D eigenvalue weighted by Gasteiger charge is -2.19. The van der Waals surface area contributed by atoms with Crippen molar-refractivity contribution in [2.45, 2.75) is 18.2 Å². The minimum Gasteiger partial charge on any atom is -0.484 e. The molecule has 0 saturated carbocycles. The van der Waals surface area contributed by atoms with E-state index in [1.807, 2.05) is 25.1 Å². The van der Waals surface area contributed by atoms with Gasteiger partial charge in [0.2, 0.25) is 10.0 Å². The molecule has 0 atom stereocenters. The summed E-state index contributed by atoms with van der Waals surface area (Å²) in [4.78, 5) is 13.9. The number of hydrogen-bond donors (Lipinski definition) is 2. The smallest absolute Gasteiger partial charge is 0.262 e. The van der Waals surface area contributed by atoms with Gasteiger partial charge in [-0.3, -0.25) is 4.79 Å². The molecule has 2 aromatic carbocycles. The second kappa shape index (κ2) is 8.20. The molecule has 140 valence electrons. The number of sulfonamides is 1. The maximum absolute atomic E-state index is 12.2. The first kappa shape index (κ1) is 19.7. The Balaban J connectivity index is 2.14. The fraction of sp³-hybridized carbons (Fsp3) is 0.278. The maximum atomic E-state index is 12.2. The lowest BCUT2D eigenvalue weighted by atomic mass is 10.2. The molecule has 0 spiro atoms. The van der Waals surface area contributed by atoms with Crippen LogP contribution in [0, 0.1) is 0 Å². The summed E-state index contributed by atoms with van der Waals surface area (Å²) in [5.74, 6) is 0.201. The van der Waals surface area contributed by atoms with E-state index in [4.69, 9.17) is 9.88 Å². The van der Waals surface area contributed by atoms with Gasteiger partial charge in [-0.25, -0.2) is 13.6 Å². The first-order chi connectivity index (χ1) is 12.2. The Labute approximate surface area is 153 Å². The number of ether oxygens (including phenoxy) is 1. The molecule has 2 rings (SSSR count). The monoisotopic (exact) mass is 377 g/mol. The number of amides is 1. The molecule has 0 aromatic heterocycles. The highest BCUT2D eigenvalue weighted by atomic mass is 32.2. The number of nitrogens with two attached hydrogens (primary N) is 1. The van der Waals surface area contributed by atoms with E-state index in [0.29, 0.717) is 17.1 Å². The van der Waals surface area contributed by atoms with Crippen molar-refractivity contribution in [3.05, 3.63) is 48.0 Å². The van der Waals surface area contributed by atoms with Crippen molar-refractivity contribution in [2.24, 2.45) is 5.14 Å². The van der Waals surface area contributed by atoms with Crippen molar-refractivity contribution in [3.63, 3.8) is 0 Å². The van der Waals surface area contributed by atoms with Gasteiger partial charge in [-0.15, -0.1) is 0 Å². The Kier molecular flexibility index (Phi) is 6.23. The lowest BCUT2D eigenvalue weighted by molar-refractivity contribution is -0.118. The summed E-state index contributed by atoms with van der Waals surface area (Å²) in [5.41, 5.74) is 2.11. The fourth-order valence-corrected chi connectivity index (χ4v) is 2.91. The Hall–Kier alpha value is -2.58. The number of rotatable bonds is 7. The highest BCUT2D eigenvalue weighted by Crippen LogP contribution is 2.27. The molecule has 26 heavy (non-hydrogen) atoms. The molecule has 7 nitrogen and oxygen atoms in total. The van der Waals surface area contributed by atoms with E-state index >= 15 is 0 Å². The molecule has 0 saturated heterocycles. The van der Waals surface area contributed by atoms with Gasteiger partial charge in [0.05, 0.1) is 16.3 Å². The number of primary sulfonamides is 1. The second-order valence-electron chi connectivity index (χ2n) is 5.96. The normalized spacial score (nSPS) is 11.1. The third kappa shape index (κ3) is 5.21. The quantitative estimate of drug-likeness (QED) is 0.768. The zero-order valence-corrected chi connectivity index (χ0v) is 15.8. The summed E-state index contributed by atoms with van der Waals surface area (Å²) in [7, 11) is -0.295. The SMILES string of the molecule is CCc1cccc(OCC(=O)Nc2cc(S(N)(=O)=O)ccc2N(C)C)c1. The highest BCUT2D eigenvalue weighted by molar-refractivity contribution is 7.89. The van der Waals surface area contributed by atoms with Gasteiger partial charge in [-0.05, 0) is 42.3 Å².